The molecule has 0 aromatic heterocycles. The van der Waals surface area contributed by atoms with Crippen molar-refractivity contribution in [3.05, 3.63) is 35.4 Å². The van der Waals surface area contributed by atoms with Crippen molar-refractivity contribution >= 4 is 5.91 Å². The summed E-state index contributed by atoms with van der Waals surface area (Å²) in [5.41, 5.74) is 2.59. The number of nitrogens with zero attached hydrogens (tertiary/aromatic N) is 1. The Morgan fingerprint density at radius 3 is 2.83 bits per heavy atom. The molecule has 2 unspecified atom stereocenters. The molecule has 2 aliphatic heterocycles. The summed E-state index contributed by atoms with van der Waals surface area (Å²) < 4.78 is 0. The minimum absolute atomic E-state index is 0.294. The van der Waals surface area contributed by atoms with Crippen molar-refractivity contribution in [2.75, 3.05) is 19.6 Å². The molecule has 3 heteroatoms. The Kier molecular flexibility index (Phi) is 5.37. The number of aryl methyl sites for hydroxylation is 1. The Balaban J connectivity index is 1.63. The Bertz CT molecular complexity index is 536. The zero-order valence-electron chi connectivity index (χ0n) is 14.6. The van der Waals surface area contributed by atoms with E-state index in [1.54, 1.807) is 0 Å². The van der Waals surface area contributed by atoms with Crippen LogP contribution in [0.25, 0.3) is 0 Å². The van der Waals surface area contributed by atoms with Gasteiger partial charge in [-0.1, -0.05) is 36.8 Å². The number of hydrogen-bond donors (Lipinski definition) is 1. The van der Waals surface area contributed by atoms with Crippen LogP contribution in [0.3, 0.4) is 0 Å². The first-order valence-electron chi connectivity index (χ1n) is 9.22. The maximum atomic E-state index is 12.9. The van der Waals surface area contributed by atoms with E-state index in [0.29, 0.717) is 30.2 Å². The molecule has 1 aromatic carbocycles. The molecule has 2 saturated heterocycles. The van der Waals surface area contributed by atoms with E-state index in [4.69, 9.17) is 0 Å². The molecule has 0 bridgehead atoms. The standard InChI is InChI=1S/C20H30N2O/c1-15-5-3-6-18(13-15)19-7-4-12-22(19)20(23)14-16(2)17-8-10-21-11-9-17/h3,5-6,13,16-17,19,21H,4,7-12,14H2,1-2H3. The van der Waals surface area contributed by atoms with Crippen LogP contribution in [0, 0.1) is 18.8 Å². The number of likely N-dealkylation sites (tertiary alicyclic amines) is 1. The molecule has 126 valence electrons. The molecule has 0 saturated carbocycles. The van der Waals surface area contributed by atoms with Crippen molar-refractivity contribution < 1.29 is 4.79 Å². The average molecular weight is 314 g/mol. The second-order valence-corrected chi connectivity index (χ2v) is 7.43. The highest BCUT2D eigenvalue weighted by molar-refractivity contribution is 5.77. The van der Waals surface area contributed by atoms with Crippen LogP contribution in [0.15, 0.2) is 24.3 Å². The number of piperidine rings is 1. The van der Waals surface area contributed by atoms with Crippen LogP contribution < -0.4 is 5.32 Å². The molecule has 3 rings (SSSR count). The number of nitrogens with one attached hydrogen (secondary N) is 1. The van der Waals surface area contributed by atoms with Gasteiger partial charge in [0.1, 0.15) is 0 Å². The number of amides is 1. The van der Waals surface area contributed by atoms with Crippen LogP contribution in [0.1, 0.15) is 56.2 Å². The monoisotopic (exact) mass is 314 g/mol. The third-order valence-electron chi connectivity index (χ3n) is 5.69. The van der Waals surface area contributed by atoms with Gasteiger partial charge in [-0.15, -0.1) is 0 Å². The molecule has 2 heterocycles. The molecule has 1 aromatic rings. The van der Waals surface area contributed by atoms with Gasteiger partial charge >= 0.3 is 0 Å². The van der Waals surface area contributed by atoms with Gasteiger partial charge in [-0.05, 0) is 63.1 Å². The normalized spacial score (nSPS) is 23.9. The average Bonchev–Trinajstić information content (AvgIpc) is 3.05. The Morgan fingerprint density at radius 2 is 2.09 bits per heavy atom. The molecule has 0 aliphatic carbocycles. The van der Waals surface area contributed by atoms with Crippen molar-refractivity contribution in [1.82, 2.24) is 10.2 Å². The molecule has 23 heavy (non-hydrogen) atoms. The van der Waals surface area contributed by atoms with Gasteiger partial charge in [0, 0.05) is 13.0 Å². The van der Waals surface area contributed by atoms with E-state index >= 15 is 0 Å². The summed E-state index contributed by atoms with van der Waals surface area (Å²) in [6.07, 6.45) is 5.39. The number of carbonyl (C=O) groups is 1. The molecule has 1 N–H and O–H groups in total. The molecule has 3 nitrogen and oxygen atoms in total. The van der Waals surface area contributed by atoms with Gasteiger partial charge in [0.25, 0.3) is 0 Å². The smallest absolute Gasteiger partial charge is 0.223 e. The highest BCUT2D eigenvalue weighted by atomic mass is 16.2. The lowest BCUT2D eigenvalue weighted by molar-refractivity contribution is -0.133. The highest BCUT2D eigenvalue weighted by Crippen LogP contribution is 2.34. The van der Waals surface area contributed by atoms with E-state index in [1.165, 1.54) is 24.0 Å². The number of benzene rings is 1. The fourth-order valence-corrected chi connectivity index (χ4v) is 4.26. The second-order valence-electron chi connectivity index (χ2n) is 7.43. The SMILES string of the molecule is Cc1cccc(C2CCCN2C(=O)CC(C)C2CCNCC2)c1. The minimum atomic E-state index is 0.294. The quantitative estimate of drug-likeness (QED) is 0.919. The first-order valence-corrected chi connectivity index (χ1v) is 9.22. The van der Waals surface area contributed by atoms with Gasteiger partial charge in [-0.2, -0.15) is 0 Å². The van der Waals surface area contributed by atoms with Crippen molar-refractivity contribution in [1.29, 1.82) is 0 Å². The van der Waals surface area contributed by atoms with Crippen LogP contribution in [-0.2, 0) is 4.79 Å². The van der Waals surface area contributed by atoms with Crippen LogP contribution in [0.2, 0.25) is 0 Å². The molecule has 0 radical (unpaired) electrons. The molecule has 2 fully saturated rings. The van der Waals surface area contributed by atoms with E-state index in [9.17, 15) is 4.79 Å². The van der Waals surface area contributed by atoms with Gasteiger partial charge in [-0.3, -0.25) is 4.79 Å². The lowest BCUT2D eigenvalue weighted by Crippen LogP contribution is -2.35. The minimum Gasteiger partial charge on any atom is -0.336 e. The van der Waals surface area contributed by atoms with Crippen LogP contribution >= 0.6 is 0 Å². The second kappa shape index (κ2) is 7.48. The third kappa shape index (κ3) is 3.95. The lowest BCUT2D eigenvalue weighted by atomic mass is 9.84. The highest BCUT2D eigenvalue weighted by Gasteiger charge is 2.32. The predicted molar refractivity (Wildman–Crippen MR) is 94.2 cm³/mol. The predicted octanol–water partition coefficient (Wildman–Crippen LogP) is 3.68. The summed E-state index contributed by atoms with van der Waals surface area (Å²) in [4.78, 5) is 15.0. The van der Waals surface area contributed by atoms with Crippen LogP contribution in [0.4, 0.5) is 0 Å². The summed E-state index contributed by atoms with van der Waals surface area (Å²) in [7, 11) is 0. The molecule has 1 amide bonds. The molecule has 0 spiro atoms. The van der Waals surface area contributed by atoms with Crippen molar-refractivity contribution in [2.45, 2.75) is 52.0 Å². The van der Waals surface area contributed by atoms with Crippen molar-refractivity contribution in [3.8, 4) is 0 Å². The summed E-state index contributed by atoms with van der Waals surface area (Å²) in [6, 6.07) is 8.96. The van der Waals surface area contributed by atoms with Gasteiger partial charge in [-0.25, -0.2) is 0 Å². The number of hydrogen-bond acceptors (Lipinski definition) is 2. The summed E-state index contributed by atoms with van der Waals surface area (Å²) >= 11 is 0. The number of rotatable bonds is 4. The first kappa shape index (κ1) is 16.5. The van der Waals surface area contributed by atoms with Crippen LogP contribution in [0.5, 0.6) is 0 Å². The molecular formula is C20H30N2O. The Hall–Kier alpha value is -1.35. The van der Waals surface area contributed by atoms with E-state index in [-0.39, 0.29) is 0 Å². The lowest BCUT2D eigenvalue weighted by Gasteiger charge is -2.31. The first-order chi connectivity index (χ1) is 11.1. The van der Waals surface area contributed by atoms with Crippen LogP contribution in [-0.4, -0.2) is 30.4 Å². The Morgan fingerprint density at radius 1 is 1.30 bits per heavy atom. The van der Waals surface area contributed by atoms with Gasteiger partial charge in [0.15, 0.2) is 0 Å². The fraction of sp³-hybridized carbons (Fsp3) is 0.650. The number of carbonyl (C=O) groups excluding carboxylic acids is 1. The topological polar surface area (TPSA) is 32.3 Å². The Labute approximate surface area is 140 Å². The molecular weight excluding hydrogens is 284 g/mol. The maximum Gasteiger partial charge on any atom is 0.223 e. The van der Waals surface area contributed by atoms with Gasteiger partial charge in [0.05, 0.1) is 6.04 Å². The summed E-state index contributed by atoms with van der Waals surface area (Å²) in [6.45, 7) is 7.55. The van der Waals surface area contributed by atoms with E-state index in [2.05, 4.69) is 48.3 Å². The fourth-order valence-electron chi connectivity index (χ4n) is 4.26. The zero-order chi connectivity index (χ0) is 16.2. The van der Waals surface area contributed by atoms with Gasteiger partial charge in [0.2, 0.25) is 5.91 Å². The largest absolute Gasteiger partial charge is 0.336 e. The summed E-state index contributed by atoms with van der Waals surface area (Å²) in [5, 5.41) is 3.42. The third-order valence-corrected chi connectivity index (χ3v) is 5.69. The van der Waals surface area contributed by atoms with Crippen molar-refractivity contribution in [3.63, 3.8) is 0 Å². The van der Waals surface area contributed by atoms with E-state index in [0.717, 1.165) is 32.5 Å². The van der Waals surface area contributed by atoms with E-state index < -0.39 is 0 Å². The molecule has 2 aliphatic rings. The van der Waals surface area contributed by atoms with Gasteiger partial charge < -0.3 is 10.2 Å². The van der Waals surface area contributed by atoms with Crippen molar-refractivity contribution in [2.24, 2.45) is 11.8 Å². The molecule has 2 atom stereocenters. The maximum absolute atomic E-state index is 12.9. The zero-order valence-corrected chi connectivity index (χ0v) is 14.6. The van der Waals surface area contributed by atoms with E-state index in [1.807, 2.05) is 0 Å². The summed E-state index contributed by atoms with van der Waals surface area (Å²) in [5.74, 6) is 1.57.